The van der Waals surface area contributed by atoms with Crippen molar-refractivity contribution in [1.82, 2.24) is 5.32 Å². The molecule has 1 fully saturated rings. The first kappa shape index (κ1) is 14.8. The molecule has 1 saturated carbocycles. The van der Waals surface area contributed by atoms with E-state index in [2.05, 4.69) is 54.7 Å². The molecule has 1 aliphatic carbocycles. The molecule has 0 bridgehead atoms. The highest BCUT2D eigenvalue weighted by Gasteiger charge is 2.18. The molecule has 2 heteroatoms. The van der Waals surface area contributed by atoms with Gasteiger partial charge < -0.3 is 5.32 Å². The van der Waals surface area contributed by atoms with Crippen molar-refractivity contribution in [2.75, 3.05) is 6.54 Å². The van der Waals surface area contributed by atoms with E-state index >= 15 is 0 Å². The minimum atomic E-state index is 0.891. The second kappa shape index (κ2) is 7.24. The first-order valence-electron chi connectivity index (χ1n) is 8.16. The Morgan fingerprint density at radius 2 is 1.95 bits per heavy atom. The summed E-state index contributed by atoms with van der Waals surface area (Å²) in [6.45, 7) is 4.60. The molecule has 21 heavy (non-hydrogen) atoms. The molecule has 0 spiro atoms. The van der Waals surface area contributed by atoms with Crippen molar-refractivity contribution in [1.29, 1.82) is 0 Å². The maximum Gasteiger partial charge on any atom is 0.0346 e. The molecule has 0 saturated heterocycles. The Kier molecular flexibility index (Phi) is 5.10. The predicted octanol–water partition coefficient (Wildman–Crippen LogP) is 5.33. The standard InChI is InChI=1S/C19H25NS/c1-15-6-5-7-16(12-15)13-20-14-18-10-11-19(21-18)17-8-3-2-4-9-17/h2-4,8-11,15-16,20H,5-7,12-14H2,1H3. The van der Waals surface area contributed by atoms with Gasteiger partial charge in [0.15, 0.2) is 0 Å². The lowest BCUT2D eigenvalue weighted by molar-refractivity contribution is 0.274. The second-order valence-electron chi connectivity index (χ2n) is 6.40. The molecule has 0 radical (unpaired) electrons. The van der Waals surface area contributed by atoms with Crippen LogP contribution < -0.4 is 5.32 Å². The van der Waals surface area contributed by atoms with Gasteiger partial charge in [-0.2, -0.15) is 0 Å². The summed E-state index contributed by atoms with van der Waals surface area (Å²) >= 11 is 1.91. The second-order valence-corrected chi connectivity index (χ2v) is 7.57. The highest BCUT2D eigenvalue weighted by atomic mass is 32.1. The third-order valence-corrected chi connectivity index (χ3v) is 5.63. The van der Waals surface area contributed by atoms with Crippen LogP contribution in [-0.4, -0.2) is 6.54 Å². The molecular weight excluding hydrogens is 274 g/mol. The number of nitrogens with one attached hydrogen (secondary N) is 1. The van der Waals surface area contributed by atoms with Gasteiger partial charge in [0, 0.05) is 16.3 Å². The summed E-state index contributed by atoms with van der Waals surface area (Å²) in [4.78, 5) is 2.82. The van der Waals surface area contributed by atoms with Crippen LogP contribution in [0.15, 0.2) is 42.5 Å². The first-order chi connectivity index (χ1) is 10.3. The maximum atomic E-state index is 3.67. The van der Waals surface area contributed by atoms with Crippen molar-refractivity contribution in [3.05, 3.63) is 47.3 Å². The normalized spacial score (nSPS) is 22.3. The van der Waals surface area contributed by atoms with Gasteiger partial charge in [0.25, 0.3) is 0 Å². The average molecular weight is 299 g/mol. The summed E-state index contributed by atoms with van der Waals surface area (Å²) in [6.07, 6.45) is 5.68. The number of rotatable bonds is 5. The van der Waals surface area contributed by atoms with E-state index in [1.165, 1.54) is 47.5 Å². The molecule has 1 nitrogen and oxygen atoms in total. The van der Waals surface area contributed by atoms with E-state index < -0.39 is 0 Å². The Balaban J connectivity index is 1.49. The third-order valence-electron chi connectivity index (χ3n) is 4.50. The van der Waals surface area contributed by atoms with Crippen molar-refractivity contribution < 1.29 is 0 Å². The summed E-state index contributed by atoms with van der Waals surface area (Å²) < 4.78 is 0. The monoisotopic (exact) mass is 299 g/mol. The summed E-state index contributed by atoms with van der Waals surface area (Å²) in [5, 5.41) is 3.67. The van der Waals surface area contributed by atoms with Gasteiger partial charge in [0.05, 0.1) is 0 Å². The van der Waals surface area contributed by atoms with Gasteiger partial charge in [0.1, 0.15) is 0 Å². The Morgan fingerprint density at radius 1 is 1.10 bits per heavy atom. The molecule has 1 heterocycles. The molecule has 2 unspecified atom stereocenters. The van der Waals surface area contributed by atoms with Crippen LogP contribution in [0.25, 0.3) is 10.4 Å². The topological polar surface area (TPSA) is 12.0 Å². The minimum Gasteiger partial charge on any atom is -0.312 e. The third kappa shape index (κ3) is 4.18. The van der Waals surface area contributed by atoms with Gasteiger partial charge in [-0.3, -0.25) is 0 Å². The van der Waals surface area contributed by atoms with E-state index in [-0.39, 0.29) is 0 Å². The first-order valence-corrected chi connectivity index (χ1v) is 8.98. The van der Waals surface area contributed by atoms with Crippen molar-refractivity contribution in [3.8, 4) is 10.4 Å². The lowest BCUT2D eigenvalue weighted by atomic mass is 9.82. The molecule has 1 aromatic carbocycles. The summed E-state index contributed by atoms with van der Waals surface area (Å²) in [5.41, 5.74) is 1.33. The van der Waals surface area contributed by atoms with E-state index in [0.717, 1.165) is 18.4 Å². The van der Waals surface area contributed by atoms with Gasteiger partial charge in [-0.1, -0.05) is 50.1 Å². The SMILES string of the molecule is CC1CCCC(CNCc2ccc(-c3ccccc3)s2)C1. The van der Waals surface area contributed by atoms with Gasteiger partial charge >= 0.3 is 0 Å². The van der Waals surface area contributed by atoms with E-state index in [9.17, 15) is 0 Å². The van der Waals surface area contributed by atoms with Crippen LogP contribution in [0, 0.1) is 11.8 Å². The lowest BCUT2D eigenvalue weighted by Crippen LogP contribution is -2.26. The Labute approximate surface area is 132 Å². The van der Waals surface area contributed by atoms with Crippen molar-refractivity contribution in [2.45, 2.75) is 39.2 Å². The van der Waals surface area contributed by atoms with Crippen LogP contribution in [0.2, 0.25) is 0 Å². The molecule has 0 amide bonds. The van der Waals surface area contributed by atoms with E-state index in [0.29, 0.717) is 0 Å². The van der Waals surface area contributed by atoms with Crippen LogP contribution in [0.5, 0.6) is 0 Å². The maximum absolute atomic E-state index is 3.67. The largest absolute Gasteiger partial charge is 0.312 e. The Morgan fingerprint density at radius 3 is 2.76 bits per heavy atom. The zero-order valence-corrected chi connectivity index (χ0v) is 13.7. The van der Waals surface area contributed by atoms with Crippen molar-refractivity contribution in [2.24, 2.45) is 11.8 Å². The Bertz CT molecular complexity index is 546. The molecule has 3 rings (SSSR count). The van der Waals surface area contributed by atoms with Gasteiger partial charge in [-0.05, 0) is 48.9 Å². The molecule has 1 aromatic heterocycles. The van der Waals surface area contributed by atoms with Gasteiger partial charge in [-0.15, -0.1) is 11.3 Å². The van der Waals surface area contributed by atoms with Crippen LogP contribution in [-0.2, 0) is 6.54 Å². The van der Waals surface area contributed by atoms with Crippen LogP contribution >= 0.6 is 11.3 Å². The summed E-state index contributed by atoms with van der Waals surface area (Å²) in [7, 11) is 0. The zero-order valence-electron chi connectivity index (χ0n) is 12.8. The fraction of sp³-hybridized carbons (Fsp3) is 0.474. The van der Waals surface area contributed by atoms with E-state index in [1.54, 1.807) is 0 Å². The molecular formula is C19H25NS. The van der Waals surface area contributed by atoms with E-state index in [4.69, 9.17) is 0 Å². The van der Waals surface area contributed by atoms with Gasteiger partial charge in [-0.25, -0.2) is 0 Å². The summed E-state index contributed by atoms with van der Waals surface area (Å²) in [6, 6.07) is 15.2. The smallest absolute Gasteiger partial charge is 0.0346 e. The summed E-state index contributed by atoms with van der Waals surface area (Å²) in [5.74, 6) is 1.82. The van der Waals surface area contributed by atoms with E-state index in [1.807, 2.05) is 11.3 Å². The van der Waals surface area contributed by atoms with Crippen LogP contribution in [0.4, 0.5) is 0 Å². The van der Waals surface area contributed by atoms with Gasteiger partial charge in [0.2, 0.25) is 0 Å². The van der Waals surface area contributed by atoms with Crippen molar-refractivity contribution in [3.63, 3.8) is 0 Å². The van der Waals surface area contributed by atoms with Crippen LogP contribution in [0.1, 0.15) is 37.5 Å². The number of thiophene rings is 1. The zero-order chi connectivity index (χ0) is 14.5. The van der Waals surface area contributed by atoms with Crippen LogP contribution in [0.3, 0.4) is 0 Å². The predicted molar refractivity (Wildman–Crippen MR) is 92.6 cm³/mol. The number of hydrogen-bond donors (Lipinski definition) is 1. The minimum absolute atomic E-state index is 0.891. The molecule has 1 N–H and O–H groups in total. The highest BCUT2D eigenvalue weighted by Crippen LogP contribution is 2.29. The van der Waals surface area contributed by atoms with Crippen molar-refractivity contribution >= 4 is 11.3 Å². The average Bonchev–Trinajstić information content (AvgIpc) is 2.97. The number of hydrogen-bond acceptors (Lipinski definition) is 2. The Hall–Kier alpha value is -1.12. The highest BCUT2D eigenvalue weighted by molar-refractivity contribution is 7.15. The quantitative estimate of drug-likeness (QED) is 0.786. The lowest BCUT2D eigenvalue weighted by Gasteiger charge is -2.26. The molecule has 2 atom stereocenters. The fourth-order valence-corrected chi connectivity index (χ4v) is 4.36. The molecule has 112 valence electrons. The molecule has 1 aliphatic rings. The molecule has 2 aromatic rings. The molecule has 0 aliphatic heterocycles. The number of benzene rings is 1. The fourth-order valence-electron chi connectivity index (χ4n) is 3.38.